The molecule has 0 spiro atoms. The zero-order valence-electron chi connectivity index (χ0n) is 25.3. The summed E-state index contributed by atoms with van der Waals surface area (Å²) in [6, 6.07) is 0. The van der Waals surface area contributed by atoms with Gasteiger partial charge < -0.3 is 40.2 Å². The Hall–Kier alpha value is -5.82. The van der Waals surface area contributed by atoms with Gasteiger partial charge in [-0.15, -0.1) is 0 Å². The Morgan fingerprint density at radius 2 is 0.957 bits per heavy atom. The lowest BCUT2D eigenvalue weighted by atomic mass is 10.3. The van der Waals surface area contributed by atoms with E-state index in [1.54, 1.807) is 0 Å². The van der Waals surface area contributed by atoms with Gasteiger partial charge in [0.2, 0.25) is 35.5 Å². The molecule has 4 aromatic rings. The number of hydrogen-bond donors (Lipinski definition) is 4. The van der Waals surface area contributed by atoms with Gasteiger partial charge in [-0.05, 0) is 0 Å². The van der Waals surface area contributed by atoms with E-state index in [1.807, 2.05) is 0 Å². The third kappa shape index (κ3) is 6.79. The molecule has 20 heteroatoms. The maximum atomic E-state index is 13.5. The first-order valence-electron chi connectivity index (χ1n) is 14.4. The summed E-state index contributed by atoms with van der Waals surface area (Å²) in [5.41, 5.74) is 10.7. The van der Waals surface area contributed by atoms with Crippen molar-refractivity contribution < 1.29 is 19.2 Å². The second-order valence-electron chi connectivity index (χ2n) is 10.8. The minimum Gasteiger partial charge on any atom is -0.369 e. The van der Waals surface area contributed by atoms with Crippen molar-refractivity contribution in [1.29, 1.82) is 0 Å². The summed E-state index contributed by atoms with van der Waals surface area (Å²) in [4.78, 5) is 104. The van der Waals surface area contributed by atoms with Crippen LogP contribution >= 0.6 is 0 Å². The number of nitrogen functional groups attached to an aromatic ring is 2. The summed E-state index contributed by atoms with van der Waals surface area (Å²) in [7, 11) is 0. The first-order chi connectivity index (χ1) is 21.9. The number of hydrogen-bond acceptors (Lipinski definition) is 12. The molecule has 1 saturated heterocycles. The third-order valence-electron chi connectivity index (χ3n) is 7.75. The number of rotatable bonds is 4. The quantitative estimate of drug-likeness (QED) is 0.172. The first-order valence-corrected chi connectivity index (χ1v) is 14.4. The maximum Gasteiger partial charge on any atom is 0.280 e. The summed E-state index contributed by atoms with van der Waals surface area (Å²) in [6.07, 6.45) is 2.65. The van der Waals surface area contributed by atoms with E-state index in [-0.39, 0.29) is 123 Å². The van der Waals surface area contributed by atoms with Crippen molar-refractivity contribution in [2.45, 2.75) is 26.9 Å². The topological polar surface area (TPSA) is 260 Å². The van der Waals surface area contributed by atoms with Gasteiger partial charge in [-0.3, -0.25) is 38.7 Å². The minimum atomic E-state index is -0.531. The fourth-order valence-corrected chi connectivity index (χ4v) is 5.21. The predicted octanol–water partition coefficient (Wildman–Crippen LogP) is -3.21. The minimum absolute atomic E-state index is 0.0376. The largest absolute Gasteiger partial charge is 0.369 e. The molecular weight excluding hydrogens is 604 g/mol. The van der Waals surface area contributed by atoms with Crippen LogP contribution in [0.4, 0.5) is 11.9 Å². The molecule has 0 bridgehead atoms. The van der Waals surface area contributed by atoms with Crippen molar-refractivity contribution in [3.8, 4) is 0 Å². The number of nitrogens with two attached hydrogens (primary N) is 2. The lowest BCUT2D eigenvalue weighted by molar-refractivity contribution is -0.138. The standard InChI is InChI=1S/C26H34N14O6/c1-15(41)35-3-7-37(17(43)11-39-13-29-19-21(39)31-25(27)33-23(19)45)9-5-36(16(2)42)6-10-38(8-4-35)18(44)12-40-14-30-20-22(40)32-26(28)34-24(20)46/h13-14H,3-12H2,1-2H3,(H3,27,31,33,45)(H3,28,32,34,46). The maximum absolute atomic E-state index is 13.5. The number of carbonyl (C=O) groups is 4. The molecule has 1 aliphatic rings. The van der Waals surface area contributed by atoms with Gasteiger partial charge in [-0.1, -0.05) is 0 Å². The van der Waals surface area contributed by atoms with Crippen LogP contribution in [0.2, 0.25) is 0 Å². The van der Waals surface area contributed by atoms with E-state index in [0.717, 1.165) is 0 Å². The van der Waals surface area contributed by atoms with Crippen LogP contribution in [-0.2, 0) is 32.3 Å². The molecule has 5 rings (SSSR count). The predicted molar refractivity (Wildman–Crippen MR) is 163 cm³/mol. The molecule has 244 valence electrons. The molecule has 0 aliphatic carbocycles. The van der Waals surface area contributed by atoms with Crippen molar-refractivity contribution >= 4 is 57.9 Å². The Morgan fingerprint density at radius 3 is 1.28 bits per heavy atom. The molecule has 46 heavy (non-hydrogen) atoms. The van der Waals surface area contributed by atoms with Crippen LogP contribution in [-0.4, -0.2) is 135 Å². The third-order valence-corrected chi connectivity index (χ3v) is 7.75. The van der Waals surface area contributed by atoms with Crippen LogP contribution in [0.1, 0.15) is 13.8 Å². The number of H-pyrrole nitrogens is 2. The highest BCUT2D eigenvalue weighted by atomic mass is 16.2. The Kier molecular flexibility index (Phi) is 8.96. The Morgan fingerprint density at radius 1 is 0.630 bits per heavy atom. The van der Waals surface area contributed by atoms with Gasteiger partial charge in [0.25, 0.3) is 11.1 Å². The van der Waals surface area contributed by atoms with Crippen molar-refractivity contribution in [2.24, 2.45) is 0 Å². The van der Waals surface area contributed by atoms with Crippen LogP contribution < -0.4 is 22.6 Å². The summed E-state index contributed by atoms with van der Waals surface area (Å²) in [6.45, 7) is 3.62. The number of anilines is 2. The van der Waals surface area contributed by atoms with Gasteiger partial charge in [0.15, 0.2) is 22.3 Å². The Bertz CT molecular complexity index is 1770. The summed E-state index contributed by atoms with van der Waals surface area (Å²) < 4.78 is 2.83. The molecule has 20 nitrogen and oxygen atoms in total. The van der Waals surface area contributed by atoms with Crippen molar-refractivity contribution in [3.05, 3.63) is 33.4 Å². The Labute approximate surface area is 260 Å². The highest BCUT2D eigenvalue weighted by molar-refractivity contribution is 5.80. The fourth-order valence-electron chi connectivity index (χ4n) is 5.21. The molecule has 5 heterocycles. The number of carbonyl (C=O) groups excluding carboxylic acids is 4. The summed E-state index contributed by atoms with van der Waals surface area (Å²) in [5.74, 6) is -1.42. The molecule has 4 aromatic heterocycles. The van der Waals surface area contributed by atoms with Crippen LogP contribution in [0.3, 0.4) is 0 Å². The van der Waals surface area contributed by atoms with Crippen LogP contribution in [0.25, 0.3) is 22.3 Å². The fraction of sp³-hybridized carbons (Fsp3) is 0.462. The number of aromatic amines is 2. The number of amides is 4. The van der Waals surface area contributed by atoms with Crippen molar-refractivity contribution in [1.82, 2.24) is 58.6 Å². The average Bonchev–Trinajstić information content (AvgIpc) is 3.57. The molecule has 0 aromatic carbocycles. The molecule has 0 atom stereocenters. The van der Waals surface area contributed by atoms with Crippen LogP contribution in [0, 0.1) is 0 Å². The number of aromatic nitrogens is 8. The summed E-state index contributed by atoms with van der Waals surface area (Å²) >= 11 is 0. The van der Waals surface area contributed by atoms with Gasteiger partial charge in [0, 0.05) is 66.2 Å². The van der Waals surface area contributed by atoms with Gasteiger partial charge in [0.1, 0.15) is 13.1 Å². The van der Waals surface area contributed by atoms with Gasteiger partial charge in [-0.2, -0.15) is 9.97 Å². The van der Waals surface area contributed by atoms with Crippen LogP contribution in [0.15, 0.2) is 22.2 Å². The molecule has 1 fully saturated rings. The zero-order chi connectivity index (χ0) is 33.1. The first kappa shape index (κ1) is 31.6. The van der Waals surface area contributed by atoms with Gasteiger partial charge in [-0.25, -0.2) is 9.97 Å². The smallest absolute Gasteiger partial charge is 0.280 e. The number of nitrogens with zero attached hydrogens (tertiary/aromatic N) is 10. The Balaban J connectivity index is 1.33. The second kappa shape index (κ2) is 13.0. The molecule has 0 radical (unpaired) electrons. The van der Waals surface area contributed by atoms with Gasteiger partial charge in [0.05, 0.1) is 12.7 Å². The molecule has 1 aliphatic heterocycles. The second-order valence-corrected chi connectivity index (χ2v) is 10.8. The lowest BCUT2D eigenvalue weighted by Crippen LogP contribution is -2.50. The monoisotopic (exact) mass is 638 g/mol. The zero-order valence-corrected chi connectivity index (χ0v) is 25.3. The average molecular weight is 639 g/mol. The van der Waals surface area contributed by atoms with E-state index in [2.05, 4.69) is 29.9 Å². The highest BCUT2D eigenvalue weighted by Crippen LogP contribution is 2.10. The van der Waals surface area contributed by atoms with E-state index in [9.17, 15) is 28.8 Å². The van der Waals surface area contributed by atoms with E-state index in [0.29, 0.717) is 0 Å². The van der Waals surface area contributed by atoms with Crippen LogP contribution in [0.5, 0.6) is 0 Å². The summed E-state index contributed by atoms with van der Waals surface area (Å²) in [5, 5.41) is 0. The van der Waals surface area contributed by atoms with E-state index >= 15 is 0 Å². The molecule has 6 N–H and O–H groups in total. The SMILES string of the molecule is CC(=O)N1CCN(C(=O)Cn2cnc3c(=O)[nH]c(N)nc32)CCN(C(C)=O)CCN(C(=O)Cn2cnc3c(=O)[nH]c(N)nc32)CC1. The highest BCUT2D eigenvalue weighted by Gasteiger charge is 2.24. The normalized spacial score (nSPS) is 15.2. The van der Waals surface area contributed by atoms with E-state index in [4.69, 9.17) is 11.5 Å². The number of imidazole rings is 2. The number of nitrogens with one attached hydrogen (secondary N) is 2. The molecule has 0 unspecified atom stereocenters. The van der Waals surface area contributed by atoms with E-state index < -0.39 is 11.1 Å². The number of fused-ring (bicyclic) bond motifs is 2. The molecular formula is C26H34N14O6. The molecule has 4 amide bonds. The van der Waals surface area contributed by atoms with Gasteiger partial charge >= 0.3 is 0 Å². The van der Waals surface area contributed by atoms with Crippen molar-refractivity contribution in [2.75, 3.05) is 63.8 Å². The molecule has 0 saturated carbocycles. The lowest BCUT2D eigenvalue weighted by Gasteiger charge is -2.34. The van der Waals surface area contributed by atoms with E-state index in [1.165, 1.54) is 55.2 Å². The van der Waals surface area contributed by atoms with Crippen molar-refractivity contribution in [3.63, 3.8) is 0 Å².